The van der Waals surface area contributed by atoms with Gasteiger partial charge in [-0.15, -0.1) is 0 Å². The summed E-state index contributed by atoms with van der Waals surface area (Å²) in [4.78, 5) is 49.8. The van der Waals surface area contributed by atoms with Crippen molar-refractivity contribution >= 4 is 23.7 Å². The standard InChI is InChI=1S/C24H36N4O10/c1-12(21(33)28-18-20(32)19(31)16(11-29)38-24(18)36)26-23(35)15(10-13-6-4-3-5-7-13)27-22(34)14(25)8-9-17(30)37-2/h3-7,12,14-16,18-20,24,29,31-32,36H,8-11,25H2,1-2H3,(H,26,35)(H,27,34)(H,28,33)/t12-,14+,15+,16-,18+,19+,20-,24-/m0/s1. The van der Waals surface area contributed by atoms with Crippen molar-refractivity contribution in [3.8, 4) is 0 Å². The van der Waals surface area contributed by atoms with Crippen LogP contribution in [0.15, 0.2) is 30.3 Å². The van der Waals surface area contributed by atoms with Gasteiger partial charge in [0.1, 0.15) is 36.4 Å². The molecular formula is C24H36N4O10. The van der Waals surface area contributed by atoms with Crippen LogP contribution >= 0.6 is 0 Å². The second kappa shape index (κ2) is 14.7. The molecule has 1 saturated heterocycles. The predicted molar refractivity (Wildman–Crippen MR) is 131 cm³/mol. The summed E-state index contributed by atoms with van der Waals surface area (Å²) in [5, 5.41) is 46.8. The highest BCUT2D eigenvalue weighted by atomic mass is 16.6. The van der Waals surface area contributed by atoms with Gasteiger partial charge in [-0.1, -0.05) is 30.3 Å². The first kappa shape index (κ1) is 31.1. The Kier molecular flexibility index (Phi) is 12.0. The third kappa shape index (κ3) is 8.72. The molecule has 0 saturated carbocycles. The van der Waals surface area contributed by atoms with Crippen molar-refractivity contribution in [2.75, 3.05) is 13.7 Å². The van der Waals surface area contributed by atoms with E-state index in [-0.39, 0.29) is 19.3 Å². The zero-order valence-electron chi connectivity index (χ0n) is 21.1. The fraction of sp³-hybridized carbons (Fsp3) is 0.583. The Morgan fingerprint density at radius 1 is 1.03 bits per heavy atom. The summed E-state index contributed by atoms with van der Waals surface area (Å²) in [5.74, 6) is -2.75. The minimum Gasteiger partial charge on any atom is -0.469 e. The SMILES string of the molecule is COC(=O)CC[C@@H](N)C(=O)N[C@H](Cc1ccccc1)C(=O)N[C@@H](C)C(=O)N[C@@H]1[C@H](O)[C@H](O)[C@H](CO)O[C@@H]1O. The number of nitrogens with two attached hydrogens (primary N) is 1. The number of aliphatic hydroxyl groups is 4. The Labute approximate surface area is 219 Å². The fourth-order valence-electron chi connectivity index (χ4n) is 3.77. The highest BCUT2D eigenvalue weighted by Gasteiger charge is 2.44. The molecule has 1 fully saturated rings. The molecular weight excluding hydrogens is 504 g/mol. The maximum Gasteiger partial charge on any atom is 0.305 e. The summed E-state index contributed by atoms with van der Waals surface area (Å²) >= 11 is 0. The van der Waals surface area contributed by atoms with Crippen molar-refractivity contribution in [3.05, 3.63) is 35.9 Å². The summed E-state index contributed by atoms with van der Waals surface area (Å²) in [6.45, 7) is 0.676. The van der Waals surface area contributed by atoms with Gasteiger partial charge in [-0.05, 0) is 18.9 Å². The number of carbonyl (C=O) groups excluding carboxylic acids is 4. The molecule has 0 bridgehead atoms. The summed E-state index contributed by atoms with van der Waals surface area (Å²) in [6, 6.07) is 3.92. The molecule has 0 aromatic heterocycles. The van der Waals surface area contributed by atoms with Gasteiger partial charge in [-0.25, -0.2) is 0 Å². The number of methoxy groups -OCH3 is 1. The summed E-state index contributed by atoms with van der Waals surface area (Å²) in [7, 11) is 1.21. The minimum absolute atomic E-state index is 0.00586. The van der Waals surface area contributed by atoms with Crippen LogP contribution in [0.2, 0.25) is 0 Å². The molecule has 9 N–H and O–H groups in total. The number of carbonyl (C=O) groups is 4. The van der Waals surface area contributed by atoms with E-state index in [1.807, 2.05) is 0 Å². The van der Waals surface area contributed by atoms with Gasteiger partial charge in [0, 0.05) is 12.8 Å². The van der Waals surface area contributed by atoms with E-state index in [4.69, 9.17) is 10.5 Å². The van der Waals surface area contributed by atoms with E-state index in [1.54, 1.807) is 30.3 Å². The molecule has 0 radical (unpaired) electrons. The predicted octanol–water partition coefficient (Wildman–Crippen LogP) is -3.58. The number of ether oxygens (including phenoxy) is 2. The number of hydrogen-bond donors (Lipinski definition) is 8. The summed E-state index contributed by atoms with van der Waals surface area (Å²) < 4.78 is 9.55. The van der Waals surface area contributed by atoms with Gasteiger partial charge in [0.2, 0.25) is 17.7 Å². The summed E-state index contributed by atoms with van der Waals surface area (Å²) in [5.41, 5.74) is 6.58. The first-order valence-electron chi connectivity index (χ1n) is 12.1. The molecule has 1 heterocycles. The molecule has 14 nitrogen and oxygen atoms in total. The van der Waals surface area contributed by atoms with E-state index < -0.39 is 79.1 Å². The van der Waals surface area contributed by atoms with E-state index in [0.29, 0.717) is 5.56 Å². The van der Waals surface area contributed by atoms with Crippen molar-refractivity contribution in [2.45, 2.75) is 75.0 Å². The van der Waals surface area contributed by atoms with Gasteiger partial charge in [-0.2, -0.15) is 0 Å². The molecule has 0 unspecified atom stereocenters. The molecule has 8 atom stereocenters. The molecule has 1 aliphatic rings. The molecule has 2 rings (SSSR count). The number of amides is 3. The zero-order valence-corrected chi connectivity index (χ0v) is 21.1. The van der Waals surface area contributed by atoms with Crippen LogP contribution in [0.5, 0.6) is 0 Å². The number of hydrogen-bond acceptors (Lipinski definition) is 11. The smallest absolute Gasteiger partial charge is 0.305 e. The van der Waals surface area contributed by atoms with Crippen LogP contribution in [0.1, 0.15) is 25.3 Å². The fourth-order valence-corrected chi connectivity index (χ4v) is 3.77. The van der Waals surface area contributed by atoms with Gasteiger partial charge in [-0.3, -0.25) is 19.2 Å². The number of esters is 1. The first-order chi connectivity index (χ1) is 18.0. The Balaban J connectivity index is 2.05. The van der Waals surface area contributed by atoms with E-state index >= 15 is 0 Å². The number of benzene rings is 1. The van der Waals surface area contributed by atoms with Crippen molar-refractivity contribution in [3.63, 3.8) is 0 Å². The molecule has 3 amide bonds. The summed E-state index contributed by atoms with van der Waals surface area (Å²) in [6.07, 6.45) is -6.23. The normalized spacial score (nSPS) is 25.4. The minimum atomic E-state index is -1.73. The maximum absolute atomic E-state index is 13.1. The highest BCUT2D eigenvalue weighted by Crippen LogP contribution is 2.19. The van der Waals surface area contributed by atoms with E-state index in [9.17, 15) is 39.6 Å². The molecule has 14 heteroatoms. The van der Waals surface area contributed by atoms with Crippen LogP contribution in [-0.2, 0) is 35.1 Å². The van der Waals surface area contributed by atoms with Crippen LogP contribution in [0.4, 0.5) is 0 Å². The van der Waals surface area contributed by atoms with Crippen LogP contribution in [0.25, 0.3) is 0 Å². The molecule has 212 valence electrons. The average molecular weight is 541 g/mol. The largest absolute Gasteiger partial charge is 0.469 e. The topological polar surface area (TPSA) is 230 Å². The lowest BCUT2D eigenvalue weighted by molar-refractivity contribution is -0.253. The Morgan fingerprint density at radius 2 is 1.68 bits per heavy atom. The molecule has 38 heavy (non-hydrogen) atoms. The lowest BCUT2D eigenvalue weighted by Crippen LogP contribution is -2.65. The number of aliphatic hydroxyl groups excluding tert-OH is 4. The Bertz CT molecular complexity index is 949. The molecule has 0 spiro atoms. The van der Waals surface area contributed by atoms with Gasteiger partial charge >= 0.3 is 5.97 Å². The van der Waals surface area contributed by atoms with E-state index in [1.165, 1.54) is 14.0 Å². The van der Waals surface area contributed by atoms with Crippen molar-refractivity contribution in [2.24, 2.45) is 5.73 Å². The maximum atomic E-state index is 13.1. The zero-order chi connectivity index (χ0) is 28.4. The molecule has 1 aromatic carbocycles. The van der Waals surface area contributed by atoms with Gasteiger partial charge in [0.25, 0.3) is 0 Å². The van der Waals surface area contributed by atoms with Gasteiger partial charge < -0.3 is 51.6 Å². The average Bonchev–Trinajstić information content (AvgIpc) is 2.91. The third-order valence-electron chi connectivity index (χ3n) is 6.10. The van der Waals surface area contributed by atoms with Crippen LogP contribution in [0, 0.1) is 0 Å². The number of nitrogens with one attached hydrogen (secondary N) is 3. The number of rotatable bonds is 12. The monoisotopic (exact) mass is 540 g/mol. The quantitative estimate of drug-likeness (QED) is 0.121. The lowest BCUT2D eigenvalue weighted by atomic mass is 9.97. The van der Waals surface area contributed by atoms with Gasteiger partial charge in [0.05, 0.1) is 19.8 Å². The highest BCUT2D eigenvalue weighted by molar-refractivity contribution is 5.93. The Morgan fingerprint density at radius 3 is 2.29 bits per heavy atom. The van der Waals surface area contributed by atoms with Crippen LogP contribution < -0.4 is 21.7 Å². The third-order valence-corrected chi connectivity index (χ3v) is 6.10. The molecule has 1 aliphatic heterocycles. The van der Waals surface area contributed by atoms with Crippen molar-refractivity contribution < 1.29 is 49.1 Å². The Hall–Kier alpha value is -3.14. The second-order valence-corrected chi connectivity index (χ2v) is 8.97. The lowest BCUT2D eigenvalue weighted by Gasteiger charge is -2.40. The molecule has 0 aliphatic carbocycles. The molecule has 1 aromatic rings. The van der Waals surface area contributed by atoms with Gasteiger partial charge in [0.15, 0.2) is 6.29 Å². The second-order valence-electron chi connectivity index (χ2n) is 8.97. The van der Waals surface area contributed by atoms with Crippen molar-refractivity contribution in [1.29, 1.82) is 0 Å². The first-order valence-corrected chi connectivity index (χ1v) is 12.1. The van der Waals surface area contributed by atoms with Crippen LogP contribution in [-0.4, -0.2) is 107 Å². The van der Waals surface area contributed by atoms with Crippen LogP contribution in [0.3, 0.4) is 0 Å². The van der Waals surface area contributed by atoms with Crippen molar-refractivity contribution in [1.82, 2.24) is 16.0 Å². The van der Waals surface area contributed by atoms with E-state index in [0.717, 1.165) is 0 Å². The van der Waals surface area contributed by atoms with E-state index in [2.05, 4.69) is 20.7 Å².